The van der Waals surface area contributed by atoms with E-state index in [9.17, 15) is 4.79 Å². The molecule has 5 nitrogen and oxygen atoms in total. The maximum absolute atomic E-state index is 12.1. The highest BCUT2D eigenvalue weighted by Gasteiger charge is 2.17. The molecule has 0 bridgehead atoms. The van der Waals surface area contributed by atoms with Gasteiger partial charge in [0.2, 0.25) is 0 Å². The molecule has 6 heteroatoms. The van der Waals surface area contributed by atoms with Gasteiger partial charge in [-0.15, -0.1) is 0 Å². The van der Waals surface area contributed by atoms with Crippen molar-refractivity contribution in [3.8, 4) is 0 Å². The SMILES string of the molecule is CCc1nn(C)cc1C(=O)N(C)CCC(N)=S. The van der Waals surface area contributed by atoms with Crippen LogP contribution >= 0.6 is 12.2 Å². The summed E-state index contributed by atoms with van der Waals surface area (Å²) in [6, 6.07) is 0. The second-order valence-electron chi connectivity index (χ2n) is 3.96. The van der Waals surface area contributed by atoms with Crippen LogP contribution in [0.4, 0.5) is 0 Å². The summed E-state index contributed by atoms with van der Waals surface area (Å²) in [7, 11) is 3.55. The third kappa shape index (κ3) is 3.52. The van der Waals surface area contributed by atoms with Crippen LogP contribution in [0.1, 0.15) is 29.4 Å². The molecule has 17 heavy (non-hydrogen) atoms. The maximum atomic E-state index is 12.1. The number of amides is 1. The number of nitrogens with two attached hydrogens (primary N) is 1. The van der Waals surface area contributed by atoms with Crippen LogP contribution in [0.25, 0.3) is 0 Å². The Bertz CT molecular complexity index is 427. The van der Waals surface area contributed by atoms with Gasteiger partial charge in [0.25, 0.3) is 5.91 Å². The Morgan fingerprint density at radius 2 is 2.29 bits per heavy atom. The van der Waals surface area contributed by atoms with Crippen LogP contribution in [0.3, 0.4) is 0 Å². The average molecular weight is 254 g/mol. The van der Waals surface area contributed by atoms with Crippen molar-refractivity contribution in [2.45, 2.75) is 19.8 Å². The Balaban J connectivity index is 2.77. The van der Waals surface area contributed by atoms with Crippen LogP contribution in [0, 0.1) is 0 Å². The first-order valence-corrected chi connectivity index (χ1v) is 5.92. The molecule has 0 radical (unpaired) electrons. The highest BCUT2D eigenvalue weighted by molar-refractivity contribution is 7.80. The molecule has 1 aromatic heterocycles. The molecular formula is C11H18N4OS. The van der Waals surface area contributed by atoms with Gasteiger partial charge in [-0.3, -0.25) is 9.48 Å². The molecule has 1 amide bonds. The highest BCUT2D eigenvalue weighted by atomic mass is 32.1. The molecule has 2 N–H and O–H groups in total. The Morgan fingerprint density at radius 3 is 2.82 bits per heavy atom. The van der Waals surface area contributed by atoms with Crippen LogP contribution in [0.2, 0.25) is 0 Å². The molecule has 1 aromatic rings. The number of carbonyl (C=O) groups excluding carboxylic acids is 1. The number of thiocarbonyl (C=S) groups is 1. The third-order valence-electron chi connectivity index (χ3n) is 2.51. The molecular weight excluding hydrogens is 236 g/mol. The Kier molecular flexibility index (Phi) is 4.62. The summed E-state index contributed by atoms with van der Waals surface area (Å²) in [5, 5.41) is 4.25. The van der Waals surface area contributed by atoms with Crippen LogP contribution < -0.4 is 5.73 Å². The van der Waals surface area contributed by atoms with E-state index >= 15 is 0 Å². The van der Waals surface area contributed by atoms with E-state index in [0.717, 1.165) is 12.1 Å². The molecule has 0 saturated carbocycles. The monoisotopic (exact) mass is 254 g/mol. The Hall–Kier alpha value is -1.43. The van der Waals surface area contributed by atoms with Gasteiger partial charge in [0.15, 0.2) is 0 Å². The van der Waals surface area contributed by atoms with Gasteiger partial charge < -0.3 is 10.6 Å². The largest absolute Gasteiger partial charge is 0.393 e. The normalized spacial score (nSPS) is 10.3. The van der Waals surface area contributed by atoms with Crippen LogP contribution in [-0.4, -0.2) is 39.2 Å². The highest BCUT2D eigenvalue weighted by Crippen LogP contribution is 2.10. The Labute approximate surface area is 107 Å². The lowest BCUT2D eigenvalue weighted by molar-refractivity contribution is 0.0798. The summed E-state index contributed by atoms with van der Waals surface area (Å²) >= 11 is 4.79. The minimum Gasteiger partial charge on any atom is -0.393 e. The molecule has 0 aliphatic carbocycles. The molecule has 0 fully saturated rings. The predicted molar refractivity (Wildman–Crippen MR) is 70.9 cm³/mol. The van der Waals surface area contributed by atoms with Gasteiger partial charge in [0, 0.05) is 33.3 Å². The molecule has 0 aliphatic rings. The molecule has 0 saturated heterocycles. The second kappa shape index (κ2) is 5.77. The summed E-state index contributed by atoms with van der Waals surface area (Å²) < 4.78 is 1.66. The van der Waals surface area contributed by atoms with E-state index in [1.54, 1.807) is 22.8 Å². The summed E-state index contributed by atoms with van der Waals surface area (Å²) in [5.41, 5.74) is 6.89. The zero-order valence-corrected chi connectivity index (χ0v) is 11.3. The maximum Gasteiger partial charge on any atom is 0.257 e. The van der Waals surface area contributed by atoms with Crippen LogP contribution in [-0.2, 0) is 13.5 Å². The average Bonchev–Trinajstić information content (AvgIpc) is 2.66. The first-order valence-electron chi connectivity index (χ1n) is 5.52. The second-order valence-corrected chi connectivity index (χ2v) is 4.48. The molecule has 0 aliphatic heterocycles. The van der Waals surface area contributed by atoms with E-state index in [1.165, 1.54) is 0 Å². The van der Waals surface area contributed by atoms with Crippen molar-refractivity contribution in [3.63, 3.8) is 0 Å². The van der Waals surface area contributed by atoms with E-state index < -0.39 is 0 Å². The number of hydrogen-bond acceptors (Lipinski definition) is 3. The van der Waals surface area contributed by atoms with Crippen molar-refractivity contribution in [1.29, 1.82) is 0 Å². The van der Waals surface area contributed by atoms with E-state index in [4.69, 9.17) is 18.0 Å². The molecule has 1 rings (SSSR count). The van der Waals surface area contributed by atoms with E-state index in [0.29, 0.717) is 23.5 Å². The number of carbonyl (C=O) groups is 1. The van der Waals surface area contributed by atoms with Gasteiger partial charge in [-0.25, -0.2) is 0 Å². The van der Waals surface area contributed by atoms with Gasteiger partial charge >= 0.3 is 0 Å². The zero-order chi connectivity index (χ0) is 13.0. The van der Waals surface area contributed by atoms with Crippen molar-refractivity contribution >= 4 is 23.1 Å². The minimum atomic E-state index is -0.0359. The third-order valence-corrected chi connectivity index (χ3v) is 2.72. The molecule has 0 unspecified atom stereocenters. The predicted octanol–water partition coefficient (Wildman–Crippen LogP) is 0.731. The van der Waals surface area contributed by atoms with E-state index in [-0.39, 0.29) is 5.91 Å². The van der Waals surface area contributed by atoms with Gasteiger partial charge in [-0.05, 0) is 6.42 Å². The lowest BCUT2D eigenvalue weighted by Gasteiger charge is -2.16. The summed E-state index contributed by atoms with van der Waals surface area (Å²) in [5.74, 6) is -0.0359. The summed E-state index contributed by atoms with van der Waals surface area (Å²) in [6.45, 7) is 2.51. The van der Waals surface area contributed by atoms with E-state index in [1.807, 2.05) is 14.0 Å². The van der Waals surface area contributed by atoms with Gasteiger partial charge in [0.1, 0.15) is 0 Å². The van der Waals surface area contributed by atoms with Crippen molar-refractivity contribution in [1.82, 2.24) is 14.7 Å². The van der Waals surface area contributed by atoms with Crippen molar-refractivity contribution < 1.29 is 4.79 Å². The van der Waals surface area contributed by atoms with Crippen molar-refractivity contribution in [2.24, 2.45) is 12.8 Å². The standard InChI is InChI=1S/C11H18N4OS/c1-4-9-8(7-15(3)13-9)11(16)14(2)6-5-10(12)17/h7H,4-6H2,1-3H3,(H2,12,17). The lowest BCUT2D eigenvalue weighted by Crippen LogP contribution is -2.30. The van der Waals surface area contributed by atoms with Gasteiger partial charge in [0.05, 0.1) is 16.2 Å². The molecule has 0 atom stereocenters. The molecule has 0 spiro atoms. The quantitative estimate of drug-likeness (QED) is 0.787. The first-order chi connectivity index (χ1) is 7.95. The molecule has 1 heterocycles. The topological polar surface area (TPSA) is 64.2 Å². The number of aromatic nitrogens is 2. The van der Waals surface area contributed by atoms with Gasteiger partial charge in [-0.1, -0.05) is 19.1 Å². The summed E-state index contributed by atoms with van der Waals surface area (Å²) in [6.07, 6.45) is 3.03. The first kappa shape index (κ1) is 13.6. The zero-order valence-electron chi connectivity index (χ0n) is 10.4. The lowest BCUT2D eigenvalue weighted by atomic mass is 10.2. The Morgan fingerprint density at radius 1 is 1.65 bits per heavy atom. The number of hydrogen-bond donors (Lipinski definition) is 1. The van der Waals surface area contributed by atoms with Crippen LogP contribution in [0.15, 0.2) is 6.20 Å². The fourth-order valence-corrected chi connectivity index (χ4v) is 1.65. The molecule has 0 aromatic carbocycles. The van der Waals surface area contributed by atoms with Gasteiger partial charge in [-0.2, -0.15) is 5.10 Å². The van der Waals surface area contributed by atoms with Crippen molar-refractivity contribution in [2.75, 3.05) is 13.6 Å². The fourth-order valence-electron chi connectivity index (χ4n) is 1.56. The number of aryl methyl sites for hydroxylation is 2. The fraction of sp³-hybridized carbons (Fsp3) is 0.545. The molecule has 94 valence electrons. The van der Waals surface area contributed by atoms with Crippen molar-refractivity contribution in [3.05, 3.63) is 17.5 Å². The minimum absolute atomic E-state index is 0.0359. The summed E-state index contributed by atoms with van der Waals surface area (Å²) in [4.78, 5) is 14.2. The van der Waals surface area contributed by atoms with Crippen LogP contribution in [0.5, 0.6) is 0 Å². The smallest absolute Gasteiger partial charge is 0.257 e. The number of nitrogens with zero attached hydrogens (tertiary/aromatic N) is 3. The number of rotatable bonds is 5. The van der Waals surface area contributed by atoms with E-state index in [2.05, 4.69) is 5.10 Å².